The third-order valence-electron chi connectivity index (χ3n) is 5.09. The zero-order valence-corrected chi connectivity index (χ0v) is 15.6. The van der Waals surface area contributed by atoms with Gasteiger partial charge in [-0.15, -0.1) is 0 Å². The van der Waals surface area contributed by atoms with Crippen LogP contribution in [0.5, 0.6) is 5.75 Å². The van der Waals surface area contributed by atoms with Crippen LogP contribution in [0.15, 0.2) is 41.5 Å². The van der Waals surface area contributed by atoms with Gasteiger partial charge in [0.15, 0.2) is 5.17 Å². The van der Waals surface area contributed by atoms with Gasteiger partial charge in [-0.2, -0.15) is 0 Å². The number of halogens is 1. The fraction of sp³-hybridized carbons (Fsp3) is 0.368. The van der Waals surface area contributed by atoms with Crippen LogP contribution in [0.3, 0.4) is 0 Å². The van der Waals surface area contributed by atoms with Gasteiger partial charge in [0, 0.05) is 29.9 Å². The molecule has 2 atom stereocenters. The van der Waals surface area contributed by atoms with Gasteiger partial charge in [-0.05, 0) is 43.2 Å². The Morgan fingerprint density at radius 1 is 1.40 bits per heavy atom. The summed E-state index contributed by atoms with van der Waals surface area (Å²) < 4.78 is 6.01. The van der Waals surface area contributed by atoms with Crippen molar-refractivity contribution >= 4 is 28.5 Å². The molecule has 0 aliphatic carbocycles. The number of pyridine rings is 1. The molecule has 2 aliphatic rings. The van der Waals surface area contributed by atoms with E-state index in [2.05, 4.69) is 24.0 Å². The maximum atomic E-state index is 6.27. The minimum atomic E-state index is -0.342. The number of aromatic nitrogens is 1. The van der Waals surface area contributed by atoms with Crippen LogP contribution in [0.4, 0.5) is 0 Å². The van der Waals surface area contributed by atoms with E-state index in [-0.39, 0.29) is 5.54 Å². The fourth-order valence-corrected chi connectivity index (χ4v) is 4.91. The minimum Gasteiger partial charge on any atom is -0.493 e. The summed E-state index contributed by atoms with van der Waals surface area (Å²) >= 11 is 7.91. The van der Waals surface area contributed by atoms with Crippen molar-refractivity contribution in [1.82, 2.24) is 4.98 Å². The topological polar surface area (TPSA) is 60.5 Å². The number of ether oxygens (including phenoxy) is 1. The Morgan fingerprint density at radius 3 is 3.12 bits per heavy atom. The number of fused-ring (bicyclic) bond motifs is 3. The molecule has 0 unspecified atom stereocenters. The van der Waals surface area contributed by atoms with Crippen LogP contribution in [0.1, 0.15) is 30.2 Å². The average Bonchev–Trinajstić information content (AvgIpc) is 2.73. The van der Waals surface area contributed by atoms with Crippen molar-refractivity contribution in [2.75, 3.05) is 12.4 Å². The Kier molecular flexibility index (Phi) is 4.38. The van der Waals surface area contributed by atoms with Gasteiger partial charge in [0.25, 0.3) is 0 Å². The van der Waals surface area contributed by atoms with Crippen LogP contribution in [0.2, 0.25) is 5.02 Å². The maximum Gasteiger partial charge on any atom is 0.154 e. The van der Waals surface area contributed by atoms with Crippen molar-refractivity contribution in [1.29, 1.82) is 0 Å². The molecule has 0 spiro atoms. The van der Waals surface area contributed by atoms with Crippen LogP contribution in [-0.4, -0.2) is 22.5 Å². The largest absolute Gasteiger partial charge is 0.493 e. The van der Waals surface area contributed by atoms with Crippen LogP contribution < -0.4 is 10.5 Å². The molecule has 0 amide bonds. The van der Waals surface area contributed by atoms with Crippen molar-refractivity contribution in [3.63, 3.8) is 0 Å². The van der Waals surface area contributed by atoms with Gasteiger partial charge >= 0.3 is 0 Å². The predicted octanol–water partition coefficient (Wildman–Crippen LogP) is 4.00. The number of hydrogen-bond donors (Lipinski definition) is 1. The third kappa shape index (κ3) is 3.11. The monoisotopic (exact) mass is 373 g/mol. The van der Waals surface area contributed by atoms with Gasteiger partial charge in [0.2, 0.25) is 0 Å². The first kappa shape index (κ1) is 16.7. The number of thioether (sulfide) groups is 1. The summed E-state index contributed by atoms with van der Waals surface area (Å²) in [5.41, 5.74) is 8.86. The molecule has 6 heteroatoms. The highest BCUT2D eigenvalue weighted by molar-refractivity contribution is 8.13. The molecule has 2 aliphatic heterocycles. The Hall–Kier alpha value is -1.72. The summed E-state index contributed by atoms with van der Waals surface area (Å²) in [6.07, 6.45) is 3.44. The van der Waals surface area contributed by atoms with E-state index in [1.807, 2.05) is 18.2 Å². The number of aliphatic imine (C=N–C) groups is 1. The number of benzene rings is 1. The fourth-order valence-electron chi connectivity index (χ4n) is 3.61. The zero-order valence-electron chi connectivity index (χ0n) is 14.0. The van der Waals surface area contributed by atoms with Crippen molar-refractivity contribution < 1.29 is 4.74 Å². The van der Waals surface area contributed by atoms with Crippen molar-refractivity contribution in [2.24, 2.45) is 16.6 Å². The molecule has 0 saturated heterocycles. The molecular formula is C19H20ClN3OS. The third-order valence-corrected chi connectivity index (χ3v) is 6.39. The molecule has 1 aromatic heterocycles. The van der Waals surface area contributed by atoms with Gasteiger partial charge < -0.3 is 10.5 Å². The molecule has 1 aromatic carbocycles. The summed E-state index contributed by atoms with van der Waals surface area (Å²) in [7, 11) is 0. The first-order chi connectivity index (χ1) is 12.1. The SMILES string of the molecule is C[C@]12N=C(N)SC[C@H]1CCOc1ccc(Cc3ncccc3Cl)cc12. The van der Waals surface area contributed by atoms with E-state index in [9.17, 15) is 0 Å². The van der Waals surface area contributed by atoms with Crippen LogP contribution >= 0.6 is 23.4 Å². The lowest BCUT2D eigenvalue weighted by Crippen LogP contribution is -2.37. The Morgan fingerprint density at radius 2 is 2.28 bits per heavy atom. The molecule has 0 bridgehead atoms. The molecule has 4 rings (SSSR count). The smallest absolute Gasteiger partial charge is 0.154 e. The average molecular weight is 374 g/mol. The molecule has 25 heavy (non-hydrogen) atoms. The Labute approximate surface area is 156 Å². The standard InChI is InChI=1S/C19H20ClN3OS/c1-19-13(11-25-18(21)23-19)6-8-24-17-5-4-12(9-14(17)19)10-16-15(20)3-2-7-22-16/h2-5,7,9,13H,6,8,10-11H2,1H3,(H2,21,23)/t13-,19+/m1/s1. The van der Waals surface area contributed by atoms with Gasteiger partial charge in [-0.1, -0.05) is 29.4 Å². The molecule has 130 valence electrons. The Balaban J connectivity index is 1.77. The van der Waals surface area contributed by atoms with Crippen molar-refractivity contribution in [3.8, 4) is 5.75 Å². The second kappa shape index (κ2) is 6.54. The van der Waals surface area contributed by atoms with Crippen LogP contribution in [-0.2, 0) is 12.0 Å². The highest BCUT2D eigenvalue weighted by atomic mass is 35.5. The molecule has 2 aromatic rings. The molecule has 2 N–H and O–H groups in total. The molecule has 0 saturated carbocycles. The molecule has 0 radical (unpaired) electrons. The lowest BCUT2D eigenvalue weighted by atomic mass is 9.78. The molecular weight excluding hydrogens is 354 g/mol. The van der Waals surface area contributed by atoms with Crippen molar-refractivity contribution in [3.05, 3.63) is 58.4 Å². The van der Waals surface area contributed by atoms with E-state index < -0.39 is 0 Å². The van der Waals surface area contributed by atoms with Crippen LogP contribution in [0.25, 0.3) is 0 Å². The highest BCUT2D eigenvalue weighted by Crippen LogP contribution is 2.47. The summed E-state index contributed by atoms with van der Waals surface area (Å²) in [4.78, 5) is 9.24. The number of hydrogen-bond acceptors (Lipinski definition) is 5. The first-order valence-electron chi connectivity index (χ1n) is 8.40. The number of amidine groups is 1. The van der Waals surface area contributed by atoms with E-state index in [0.29, 0.717) is 29.1 Å². The molecule has 3 heterocycles. The van der Waals surface area contributed by atoms with Gasteiger partial charge in [0.1, 0.15) is 5.75 Å². The minimum absolute atomic E-state index is 0.342. The second-order valence-electron chi connectivity index (χ2n) is 6.68. The quantitative estimate of drug-likeness (QED) is 0.864. The normalized spacial score (nSPS) is 25.2. The lowest BCUT2D eigenvalue weighted by molar-refractivity contribution is 0.271. The zero-order chi connectivity index (χ0) is 17.4. The van der Waals surface area contributed by atoms with E-state index in [0.717, 1.165) is 34.7 Å². The van der Waals surface area contributed by atoms with Gasteiger partial charge in [0.05, 0.1) is 22.9 Å². The summed E-state index contributed by atoms with van der Waals surface area (Å²) in [6.45, 7) is 2.89. The highest BCUT2D eigenvalue weighted by Gasteiger charge is 2.42. The summed E-state index contributed by atoms with van der Waals surface area (Å²) in [5.74, 6) is 2.30. The lowest BCUT2D eigenvalue weighted by Gasteiger charge is -2.36. The van der Waals surface area contributed by atoms with Crippen molar-refractivity contribution in [2.45, 2.75) is 25.3 Å². The number of nitrogens with zero attached hydrogens (tertiary/aromatic N) is 2. The van der Waals surface area contributed by atoms with E-state index >= 15 is 0 Å². The second-order valence-corrected chi connectivity index (χ2v) is 8.13. The first-order valence-corrected chi connectivity index (χ1v) is 9.76. The van der Waals surface area contributed by atoms with Crippen LogP contribution in [0, 0.1) is 5.92 Å². The molecule has 4 nitrogen and oxygen atoms in total. The number of rotatable bonds is 2. The van der Waals surface area contributed by atoms with E-state index in [4.69, 9.17) is 27.1 Å². The summed E-state index contributed by atoms with van der Waals surface area (Å²) in [5, 5.41) is 1.35. The number of nitrogens with two attached hydrogens (primary N) is 1. The van der Waals surface area contributed by atoms with Gasteiger partial charge in [-0.25, -0.2) is 0 Å². The summed E-state index contributed by atoms with van der Waals surface area (Å²) in [6, 6.07) is 10.0. The van der Waals surface area contributed by atoms with E-state index in [1.165, 1.54) is 0 Å². The Bertz CT molecular complexity index is 841. The maximum absolute atomic E-state index is 6.27. The van der Waals surface area contributed by atoms with E-state index in [1.54, 1.807) is 18.0 Å². The predicted molar refractivity (Wildman–Crippen MR) is 104 cm³/mol. The van der Waals surface area contributed by atoms with Gasteiger partial charge in [-0.3, -0.25) is 9.98 Å². The molecule has 0 fully saturated rings.